The first kappa shape index (κ1) is 27.9. The van der Waals surface area contributed by atoms with Crippen LogP contribution < -0.4 is 24.8 Å². The molecule has 3 N–H and O–H groups in total. The normalized spacial score (nSPS) is 10.9. The summed E-state index contributed by atoms with van der Waals surface area (Å²) in [7, 11) is -3.79. The van der Waals surface area contributed by atoms with Gasteiger partial charge in [-0.2, -0.15) is 0 Å². The number of sulfonamides is 1. The summed E-state index contributed by atoms with van der Waals surface area (Å²) < 4.78 is 44.0. The first-order valence-electron chi connectivity index (χ1n) is 11.6. The molecule has 0 bridgehead atoms. The molecule has 196 valence electrons. The number of nitrogens with one attached hydrogen (secondary N) is 3. The second-order valence-electron chi connectivity index (χ2n) is 7.57. The van der Waals surface area contributed by atoms with E-state index in [1.807, 2.05) is 13.8 Å². The van der Waals surface area contributed by atoms with E-state index in [4.69, 9.17) is 26.4 Å². The maximum absolute atomic E-state index is 12.7. The van der Waals surface area contributed by atoms with E-state index in [2.05, 4.69) is 15.4 Å². The third kappa shape index (κ3) is 8.74. The van der Waals surface area contributed by atoms with Crippen LogP contribution in [0.5, 0.6) is 11.5 Å². The van der Waals surface area contributed by atoms with Crippen LogP contribution in [0.1, 0.15) is 24.2 Å². The topological polar surface area (TPSA) is 115 Å². The number of thiocarbonyl (C=S) groups is 1. The van der Waals surface area contributed by atoms with Crippen molar-refractivity contribution in [2.24, 2.45) is 0 Å². The molecule has 37 heavy (non-hydrogen) atoms. The van der Waals surface area contributed by atoms with Crippen molar-refractivity contribution in [1.82, 2.24) is 5.32 Å². The van der Waals surface area contributed by atoms with Crippen LogP contribution in [0.3, 0.4) is 0 Å². The summed E-state index contributed by atoms with van der Waals surface area (Å²) in [5.41, 5.74) is 1.34. The molecule has 1 amide bonds. The van der Waals surface area contributed by atoms with E-state index in [0.717, 1.165) is 0 Å². The van der Waals surface area contributed by atoms with Crippen molar-refractivity contribution in [3.63, 3.8) is 0 Å². The van der Waals surface area contributed by atoms with Gasteiger partial charge in [0.15, 0.2) is 5.11 Å². The maximum Gasteiger partial charge on any atom is 0.261 e. The molecule has 0 aliphatic heterocycles. The van der Waals surface area contributed by atoms with E-state index in [1.54, 1.807) is 60.7 Å². The van der Waals surface area contributed by atoms with Gasteiger partial charge in [-0.1, -0.05) is 0 Å². The Kier molecular flexibility index (Phi) is 10.2. The van der Waals surface area contributed by atoms with Crippen molar-refractivity contribution in [3.8, 4) is 11.5 Å². The Morgan fingerprint density at radius 3 is 2.00 bits per heavy atom. The Balaban J connectivity index is 1.52. The van der Waals surface area contributed by atoms with Gasteiger partial charge >= 0.3 is 0 Å². The molecule has 0 atom stereocenters. The summed E-state index contributed by atoms with van der Waals surface area (Å²) in [6.07, 6.45) is 0. The van der Waals surface area contributed by atoms with Gasteiger partial charge in [0.1, 0.15) is 18.1 Å². The zero-order valence-electron chi connectivity index (χ0n) is 20.5. The maximum atomic E-state index is 12.7. The fourth-order valence-corrected chi connectivity index (χ4v) is 4.39. The van der Waals surface area contributed by atoms with Gasteiger partial charge in [-0.05, 0) is 98.9 Å². The molecule has 0 saturated carbocycles. The zero-order valence-corrected chi connectivity index (χ0v) is 22.2. The molecule has 0 aliphatic rings. The lowest BCUT2D eigenvalue weighted by atomic mass is 10.2. The van der Waals surface area contributed by atoms with Crippen LogP contribution >= 0.6 is 12.2 Å². The fraction of sp³-hybridized carbons (Fsp3) is 0.231. The summed E-state index contributed by atoms with van der Waals surface area (Å²) in [4.78, 5) is 12.6. The molecule has 3 rings (SSSR count). The smallest absolute Gasteiger partial charge is 0.261 e. The fourth-order valence-electron chi connectivity index (χ4n) is 3.12. The standard InChI is InChI=1S/C26H29N3O6S2/c1-3-33-17-18-35-23-11-5-19(6-12-23)25(30)28-26(36)27-20-9-15-24(16-10-20)37(31,32)29-21-7-13-22(14-8-21)34-4-2/h5-16,29H,3-4,17-18H2,1-2H3,(H2,27,28,30,36). The number of carbonyl (C=O) groups is 1. The van der Waals surface area contributed by atoms with Crippen molar-refractivity contribution in [3.05, 3.63) is 78.4 Å². The van der Waals surface area contributed by atoms with Gasteiger partial charge in [0, 0.05) is 23.5 Å². The number of amides is 1. The Morgan fingerprint density at radius 2 is 1.38 bits per heavy atom. The van der Waals surface area contributed by atoms with E-state index in [0.29, 0.717) is 54.9 Å². The largest absolute Gasteiger partial charge is 0.494 e. The van der Waals surface area contributed by atoms with Crippen molar-refractivity contribution in [2.75, 3.05) is 36.5 Å². The first-order chi connectivity index (χ1) is 17.8. The van der Waals surface area contributed by atoms with Gasteiger partial charge in [-0.15, -0.1) is 0 Å². The first-order valence-corrected chi connectivity index (χ1v) is 13.5. The number of carbonyl (C=O) groups excluding carboxylic acids is 1. The highest BCUT2D eigenvalue weighted by Gasteiger charge is 2.15. The molecule has 0 fully saturated rings. The molecule has 0 saturated heterocycles. The second kappa shape index (κ2) is 13.6. The summed E-state index contributed by atoms with van der Waals surface area (Å²) >= 11 is 5.22. The lowest BCUT2D eigenvalue weighted by Gasteiger charge is -2.12. The van der Waals surface area contributed by atoms with Gasteiger partial charge in [0.25, 0.3) is 15.9 Å². The Hall–Kier alpha value is -3.67. The van der Waals surface area contributed by atoms with E-state index < -0.39 is 15.9 Å². The summed E-state index contributed by atoms with van der Waals surface area (Å²) in [6, 6.07) is 19.3. The number of hydrogen-bond acceptors (Lipinski definition) is 7. The SMILES string of the molecule is CCOCCOc1ccc(C(=O)NC(=S)Nc2ccc(S(=O)(=O)Nc3ccc(OCC)cc3)cc2)cc1. The number of benzene rings is 3. The zero-order chi connectivity index (χ0) is 26.7. The molecular formula is C26H29N3O6S2. The second-order valence-corrected chi connectivity index (χ2v) is 9.66. The molecule has 0 spiro atoms. The van der Waals surface area contributed by atoms with Gasteiger partial charge in [0.05, 0.1) is 18.1 Å². The minimum absolute atomic E-state index is 0.0742. The third-order valence-corrected chi connectivity index (χ3v) is 6.49. The Labute approximate surface area is 222 Å². The lowest BCUT2D eigenvalue weighted by Crippen LogP contribution is -2.34. The Bertz CT molecular complexity index is 1280. The highest BCUT2D eigenvalue weighted by molar-refractivity contribution is 7.92. The van der Waals surface area contributed by atoms with Crippen LogP contribution in [0, 0.1) is 0 Å². The van der Waals surface area contributed by atoms with Crippen LogP contribution in [-0.4, -0.2) is 45.9 Å². The van der Waals surface area contributed by atoms with Gasteiger partial charge < -0.3 is 19.5 Å². The molecule has 0 aromatic heterocycles. The predicted octanol–water partition coefficient (Wildman–Crippen LogP) is 4.43. The van der Waals surface area contributed by atoms with Crippen LogP contribution in [0.4, 0.5) is 11.4 Å². The van der Waals surface area contributed by atoms with E-state index in [-0.39, 0.29) is 10.0 Å². The summed E-state index contributed by atoms with van der Waals surface area (Å²) in [6.45, 7) is 5.85. The van der Waals surface area contributed by atoms with Crippen molar-refractivity contribution in [2.45, 2.75) is 18.7 Å². The molecule has 0 heterocycles. The minimum Gasteiger partial charge on any atom is -0.494 e. The van der Waals surface area contributed by atoms with Crippen molar-refractivity contribution in [1.29, 1.82) is 0 Å². The van der Waals surface area contributed by atoms with Gasteiger partial charge in [0.2, 0.25) is 0 Å². The van der Waals surface area contributed by atoms with Crippen LogP contribution in [-0.2, 0) is 14.8 Å². The molecule has 0 unspecified atom stereocenters. The molecule has 0 aliphatic carbocycles. The Morgan fingerprint density at radius 1 is 0.784 bits per heavy atom. The van der Waals surface area contributed by atoms with Gasteiger partial charge in [-0.25, -0.2) is 8.42 Å². The number of rotatable bonds is 12. The van der Waals surface area contributed by atoms with E-state index >= 15 is 0 Å². The molecular weight excluding hydrogens is 514 g/mol. The molecule has 3 aromatic rings. The molecule has 0 radical (unpaired) electrons. The molecule has 9 nitrogen and oxygen atoms in total. The predicted molar refractivity (Wildman–Crippen MR) is 147 cm³/mol. The van der Waals surface area contributed by atoms with Gasteiger partial charge in [-0.3, -0.25) is 14.8 Å². The average Bonchev–Trinajstić information content (AvgIpc) is 2.88. The van der Waals surface area contributed by atoms with Crippen LogP contribution in [0.2, 0.25) is 0 Å². The van der Waals surface area contributed by atoms with Crippen molar-refractivity contribution < 1.29 is 27.4 Å². The molecule has 3 aromatic carbocycles. The third-order valence-electron chi connectivity index (χ3n) is 4.88. The van der Waals surface area contributed by atoms with Crippen LogP contribution in [0.25, 0.3) is 0 Å². The highest BCUT2D eigenvalue weighted by atomic mass is 32.2. The minimum atomic E-state index is -3.79. The number of anilines is 2. The van der Waals surface area contributed by atoms with E-state index in [9.17, 15) is 13.2 Å². The quantitative estimate of drug-likeness (QED) is 0.227. The summed E-state index contributed by atoms with van der Waals surface area (Å²) in [5.74, 6) is 0.893. The van der Waals surface area contributed by atoms with E-state index in [1.165, 1.54) is 12.1 Å². The summed E-state index contributed by atoms with van der Waals surface area (Å²) in [5, 5.41) is 5.54. The van der Waals surface area contributed by atoms with Crippen LogP contribution in [0.15, 0.2) is 77.7 Å². The number of ether oxygens (including phenoxy) is 3. The lowest BCUT2D eigenvalue weighted by molar-refractivity contribution is 0.0977. The molecule has 11 heteroatoms. The highest BCUT2D eigenvalue weighted by Crippen LogP contribution is 2.21. The number of hydrogen-bond donors (Lipinski definition) is 3. The van der Waals surface area contributed by atoms with Crippen molar-refractivity contribution >= 4 is 44.6 Å². The average molecular weight is 544 g/mol. The monoisotopic (exact) mass is 543 g/mol.